The molecule has 0 atom stereocenters. The van der Waals surface area contributed by atoms with Gasteiger partial charge in [0, 0.05) is 44.1 Å². The van der Waals surface area contributed by atoms with Gasteiger partial charge in [-0.25, -0.2) is 23.1 Å². The Kier molecular flexibility index (Phi) is 5.93. The number of fused-ring (bicyclic) bond motifs is 1. The maximum atomic E-state index is 12.7. The second-order valence-corrected chi connectivity index (χ2v) is 10.6. The van der Waals surface area contributed by atoms with E-state index in [1.165, 1.54) is 12.6 Å². The molecule has 0 radical (unpaired) electrons. The summed E-state index contributed by atoms with van der Waals surface area (Å²) in [5.41, 5.74) is 2.69. The van der Waals surface area contributed by atoms with E-state index >= 15 is 0 Å². The highest BCUT2D eigenvalue weighted by atomic mass is 32.2. The van der Waals surface area contributed by atoms with E-state index in [9.17, 15) is 13.2 Å². The molecule has 5 rings (SSSR count). The average Bonchev–Trinajstić information content (AvgIpc) is 3.29. The summed E-state index contributed by atoms with van der Waals surface area (Å²) in [7, 11) is -3.28. The van der Waals surface area contributed by atoms with Gasteiger partial charge in [0.25, 0.3) is 5.91 Å². The number of ether oxygens (including phenoxy) is 1. The van der Waals surface area contributed by atoms with Crippen LogP contribution in [0.3, 0.4) is 0 Å². The number of hydrogen-bond acceptors (Lipinski definition) is 8. The van der Waals surface area contributed by atoms with Gasteiger partial charge in [0.1, 0.15) is 17.8 Å². The molecule has 0 spiro atoms. The third-order valence-corrected chi connectivity index (χ3v) is 7.13. The van der Waals surface area contributed by atoms with E-state index in [0.717, 1.165) is 5.69 Å². The molecular formula is C24H24N6O4S. The molecule has 1 aliphatic heterocycles. The number of benzene rings is 1. The molecule has 3 aromatic heterocycles. The lowest BCUT2D eigenvalue weighted by Crippen LogP contribution is -2.41. The topological polar surface area (TPSA) is 120 Å². The SMILES string of the molecule is Cc1ccc(C(=O)N2CCC(Oc3ncnc4c3cnn4-c3ccc(S(C)(=O)=O)cc3)CC2)cn1. The molecule has 0 aliphatic carbocycles. The van der Waals surface area contributed by atoms with E-state index < -0.39 is 9.84 Å². The molecule has 0 N–H and O–H groups in total. The van der Waals surface area contributed by atoms with E-state index in [-0.39, 0.29) is 16.9 Å². The van der Waals surface area contributed by atoms with Gasteiger partial charge in [0.2, 0.25) is 5.88 Å². The van der Waals surface area contributed by atoms with Crippen molar-refractivity contribution in [2.75, 3.05) is 19.3 Å². The molecule has 0 saturated carbocycles. The molecule has 1 amide bonds. The fraction of sp³-hybridized carbons (Fsp3) is 0.292. The number of rotatable bonds is 5. The minimum absolute atomic E-state index is 0.0245. The van der Waals surface area contributed by atoms with Crippen LogP contribution in [0.4, 0.5) is 0 Å². The molecule has 1 aromatic carbocycles. The number of amides is 1. The highest BCUT2D eigenvalue weighted by molar-refractivity contribution is 7.90. The monoisotopic (exact) mass is 492 g/mol. The molecular weight excluding hydrogens is 468 g/mol. The maximum absolute atomic E-state index is 12.7. The van der Waals surface area contributed by atoms with Gasteiger partial charge in [-0.2, -0.15) is 5.10 Å². The Hall–Kier alpha value is -3.86. The second-order valence-electron chi connectivity index (χ2n) is 8.54. The van der Waals surface area contributed by atoms with Crippen LogP contribution >= 0.6 is 0 Å². The first-order valence-corrected chi connectivity index (χ1v) is 13.1. The zero-order chi connectivity index (χ0) is 24.6. The summed E-state index contributed by atoms with van der Waals surface area (Å²) in [5, 5.41) is 5.07. The fourth-order valence-corrected chi connectivity index (χ4v) is 4.68. The minimum Gasteiger partial charge on any atom is -0.474 e. The Morgan fingerprint density at radius 3 is 2.40 bits per heavy atom. The van der Waals surface area contributed by atoms with Crippen LogP contribution < -0.4 is 4.74 Å². The Morgan fingerprint density at radius 1 is 1.00 bits per heavy atom. The molecule has 11 heteroatoms. The summed E-state index contributed by atoms with van der Waals surface area (Å²) in [4.78, 5) is 27.7. The van der Waals surface area contributed by atoms with Gasteiger partial charge in [-0.05, 0) is 43.3 Å². The molecule has 4 aromatic rings. The molecule has 0 bridgehead atoms. The van der Waals surface area contributed by atoms with Crippen molar-refractivity contribution in [3.8, 4) is 11.6 Å². The zero-order valence-corrected chi connectivity index (χ0v) is 20.1. The quantitative estimate of drug-likeness (QED) is 0.417. The Balaban J connectivity index is 1.29. The first-order chi connectivity index (χ1) is 16.8. The van der Waals surface area contributed by atoms with Gasteiger partial charge in [0.15, 0.2) is 15.5 Å². The van der Waals surface area contributed by atoms with Crippen molar-refractivity contribution >= 4 is 26.8 Å². The number of likely N-dealkylation sites (tertiary alicyclic amines) is 1. The van der Waals surface area contributed by atoms with Crippen LogP contribution in [0.2, 0.25) is 0 Å². The standard InChI is InChI=1S/C24H24N6O4S/c1-16-3-4-17(13-25-16)24(31)29-11-9-19(10-12-29)34-23-21-14-28-30(22(21)26-15-27-23)18-5-7-20(8-6-18)35(2,32)33/h3-8,13-15,19H,9-12H2,1-2H3. The van der Waals surface area contributed by atoms with Gasteiger partial charge < -0.3 is 9.64 Å². The maximum Gasteiger partial charge on any atom is 0.255 e. The van der Waals surface area contributed by atoms with Crippen molar-refractivity contribution in [2.24, 2.45) is 0 Å². The van der Waals surface area contributed by atoms with Crippen LogP contribution in [0.15, 0.2) is 60.0 Å². The van der Waals surface area contributed by atoms with Crippen LogP contribution in [0, 0.1) is 6.92 Å². The van der Waals surface area contributed by atoms with E-state index in [2.05, 4.69) is 20.1 Å². The van der Waals surface area contributed by atoms with Crippen LogP contribution in [-0.2, 0) is 9.84 Å². The second kappa shape index (κ2) is 9.06. The van der Waals surface area contributed by atoms with Gasteiger partial charge >= 0.3 is 0 Å². The number of nitrogens with zero attached hydrogens (tertiary/aromatic N) is 6. The number of pyridine rings is 1. The van der Waals surface area contributed by atoms with Gasteiger partial charge in [-0.1, -0.05) is 0 Å². The number of carbonyl (C=O) groups excluding carboxylic acids is 1. The number of piperidine rings is 1. The lowest BCUT2D eigenvalue weighted by Gasteiger charge is -2.32. The number of carbonyl (C=O) groups is 1. The van der Waals surface area contributed by atoms with E-state index in [0.29, 0.717) is 54.1 Å². The Labute approximate surface area is 202 Å². The number of sulfone groups is 1. The summed E-state index contributed by atoms with van der Waals surface area (Å²) in [6, 6.07) is 10.1. The van der Waals surface area contributed by atoms with Crippen LogP contribution in [-0.4, -0.2) is 69.4 Å². The van der Waals surface area contributed by atoms with Crippen LogP contribution in [0.5, 0.6) is 5.88 Å². The molecule has 1 fully saturated rings. The van der Waals surface area contributed by atoms with Crippen molar-refractivity contribution in [1.82, 2.24) is 29.6 Å². The first kappa shape index (κ1) is 22.9. The molecule has 4 heterocycles. The lowest BCUT2D eigenvalue weighted by atomic mass is 10.1. The van der Waals surface area contributed by atoms with Gasteiger partial charge in [0.05, 0.1) is 22.3 Å². The minimum atomic E-state index is -3.28. The van der Waals surface area contributed by atoms with E-state index in [1.54, 1.807) is 47.4 Å². The Morgan fingerprint density at radius 2 is 1.74 bits per heavy atom. The lowest BCUT2D eigenvalue weighted by molar-refractivity contribution is 0.0590. The van der Waals surface area contributed by atoms with Gasteiger partial charge in [-0.3, -0.25) is 9.78 Å². The average molecular weight is 493 g/mol. The number of aryl methyl sites for hydroxylation is 1. The summed E-state index contributed by atoms with van der Waals surface area (Å²) in [6.45, 7) is 3.05. The van der Waals surface area contributed by atoms with Crippen molar-refractivity contribution in [1.29, 1.82) is 0 Å². The predicted molar refractivity (Wildman–Crippen MR) is 128 cm³/mol. The van der Waals surface area contributed by atoms with Crippen molar-refractivity contribution in [3.05, 3.63) is 66.4 Å². The van der Waals surface area contributed by atoms with E-state index in [1.807, 2.05) is 17.9 Å². The summed E-state index contributed by atoms with van der Waals surface area (Å²) >= 11 is 0. The summed E-state index contributed by atoms with van der Waals surface area (Å²) in [6.07, 6.45) is 7.11. The third kappa shape index (κ3) is 4.72. The third-order valence-electron chi connectivity index (χ3n) is 6.00. The number of hydrogen-bond donors (Lipinski definition) is 0. The molecule has 10 nitrogen and oxygen atoms in total. The predicted octanol–water partition coefficient (Wildman–Crippen LogP) is 2.61. The highest BCUT2D eigenvalue weighted by Crippen LogP contribution is 2.27. The van der Waals surface area contributed by atoms with Crippen molar-refractivity contribution in [2.45, 2.75) is 30.8 Å². The zero-order valence-electron chi connectivity index (χ0n) is 19.3. The summed E-state index contributed by atoms with van der Waals surface area (Å²) in [5.74, 6) is 0.407. The van der Waals surface area contributed by atoms with Crippen molar-refractivity contribution < 1.29 is 17.9 Å². The molecule has 1 saturated heterocycles. The summed E-state index contributed by atoms with van der Waals surface area (Å²) < 4.78 is 31.3. The van der Waals surface area contributed by atoms with E-state index in [4.69, 9.17) is 4.74 Å². The van der Waals surface area contributed by atoms with Crippen molar-refractivity contribution in [3.63, 3.8) is 0 Å². The number of aromatic nitrogens is 5. The molecule has 180 valence electrons. The smallest absolute Gasteiger partial charge is 0.255 e. The molecule has 35 heavy (non-hydrogen) atoms. The fourth-order valence-electron chi connectivity index (χ4n) is 4.05. The Bertz CT molecular complexity index is 1470. The molecule has 1 aliphatic rings. The highest BCUT2D eigenvalue weighted by Gasteiger charge is 2.26. The van der Waals surface area contributed by atoms with Crippen LogP contribution in [0.25, 0.3) is 16.7 Å². The first-order valence-electron chi connectivity index (χ1n) is 11.2. The van der Waals surface area contributed by atoms with Crippen LogP contribution in [0.1, 0.15) is 28.9 Å². The van der Waals surface area contributed by atoms with Gasteiger partial charge in [-0.15, -0.1) is 0 Å². The largest absolute Gasteiger partial charge is 0.474 e. The normalized spacial score (nSPS) is 14.9. The molecule has 0 unspecified atom stereocenters.